The van der Waals surface area contributed by atoms with Gasteiger partial charge in [0.15, 0.2) is 0 Å². The fourth-order valence-corrected chi connectivity index (χ4v) is 5.29. The maximum Gasteiger partial charge on any atom is 0.573 e. The van der Waals surface area contributed by atoms with Crippen molar-refractivity contribution in [3.05, 3.63) is 92.7 Å². The van der Waals surface area contributed by atoms with E-state index in [1.165, 1.54) is 60.5 Å². The van der Waals surface area contributed by atoms with Crippen LogP contribution in [0.3, 0.4) is 0 Å². The molecule has 0 saturated heterocycles. The molecular formula is C35H42Cl2F4N6O3. The molecule has 0 aliphatic carbocycles. The highest BCUT2D eigenvalue weighted by Crippen LogP contribution is 2.29. The molecule has 0 saturated carbocycles. The van der Waals surface area contributed by atoms with Gasteiger partial charge in [0.05, 0.1) is 24.5 Å². The lowest BCUT2D eigenvalue weighted by Crippen LogP contribution is -2.17. The van der Waals surface area contributed by atoms with Crippen LogP contribution >= 0.6 is 23.2 Å². The molecule has 2 aromatic carbocycles. The number of nitrogens with one attached hydrogen (secondary N) is 2. The van der Waals surface area contributed by atoms with E-state index in [4.69, 9.17) is 32.7 Å². The third-order valence-electron chi connectivity index (χ3n) is 7.47. The molecule has 1 unspecified atom stereocenters. The maximum absolute atomic E-state index is 13.3. The Morgan fingerprint density at radius 2 is 1.46 bits per heavy atom. The highest BCUT2D eigenvalue weighted by atomic mass is 35.5. The molecule has 2 aromatic heterocycles. The average molecular weight is 742 g/mol. The molecule has 0 radical (unpaired) electrons. The largest absolute Gasteiger partial charge is 0.573 e. The Kier molecular flexibility index (Phi) is 16.2. The van der Waals surface area contributed by atoms with Gasteiger partial charge in [-0.3, -0.25) is 0 Å². The molecule has 0 amide bonds. The number of anilines is 2. The van der Waals surface area contributed by atoms with Crippen LogP contribution in [0.2, 0.25) is 10.0 Å². The molecule has 15 heteroatoms. The summed E-state index contributed by atoms with van der Waals surface area (Å²) < 4.78 is 64.7. The molecule has 2 heterocycles. The van der Waals surface area contributed by atoms with Crippen LogP contribution in [0.15, 0.2) is 49.1 Å². The van der Waals surface area contributed by atoms with E-state index < -0.39 is 12.5 Å². The number of rotatable bonds is 16. The van der Waals surface area contributed by atoms with Crippen LogP contribution in [-0.2, 0) is 24.0 Å². The molecule has 4 rings (SSSR count). The van der Waals surface area contributed by atoms with Crippen LogP contribution in [0, 0.1) is 13.8 Å². The van der Waals surface area contributed by atoms with Gasteiger partial charge in [0.2, 0.25) is 0 Å². The van der Waals surface area contributed by atoms with Gasteiger partial charge >= 0.3 is 6.36 Å². The van der Waals surface area contributed by atoms with Crippen molar-refractivity contribution in [2.75, 3.05) is 43.5 Å². The highest BCUT2D eigenvalue weighted by molar-refractivity contribution is 6.33. The second-order valence-electron chi connectivity index (χ2n) is 10.9. The number of benzene rings is 2. The van der Waals surface area contributed by atoms with Crippen molar-refractivity contribution in [1.82, 2.24) is 19.9 Å². The molecule has 0 aliphatic heterocycles. The summed E-state index contributed by atoms with van der Waals surface area (Å²) in [5.74, 6) is 1.59. The van der Waals surface area contributed by atoms with Crippen LogP contribution < -0.4 is 20.1 Å². The van der Waals surface area contributed by atoms with Crippen LogP contribution in [-0.4, -0.2) is 59.2 Å². The zero-order valence-electron chi connectivity index (χ0n) is 28.6. The predicted molar refractivity (Wildman–Crippen MR) is 188 cm³/mol. The highest BCUT2D eigenvalue weighted by Gasteiger charge is 2.31. The first-order valence-corrected chi connectivity index (χ1v) is 16.9. The second-order valence-corrected chi connectivity index (χ2v) is 11.7. The zero-order valence-corrected chi connectivity index (χ0v) is 30.1. The molecule has 272 valence electrons. The van der Waals surface area contributed by atoms with E-state index in [-0.39, 0.29) is 16.5 Å². The first-order valence-electron chi connectivity index (χ1n) is 16.1. The van der Waals surface area contributed by atoms with E-state index >= 15 is 0 Å². The Morgan fingerprint density at radius 1 is 0.800 bits per heavy atom. The van der Waals surface area contributed by atoms with Crippen molar-refractivity contribution < 1.29 is 31.8 Å². The van der Waals surface area contributed by atoms with E-state index in [0.29, 0.717) is 42.8 Å². The number of aryl methyl sites for hydroxylation is 1. The Balaban J connectivity index is 0.000000271. The summed E-state index contributed by atoms with van der Waals surface area (Å²) >= 11 is 12.3. The van der Waals surface area contributed by atoms with E-state index in [1.807, 2.05) is 19.9 Å². The minimum atomic E-state index is -4.71. The van der Waals surface area contributed by atoms with Crippen molar-refractivity contribution >= 4 is 34.8 Å². The first kappa shape index (κ1) is 40.5. The summed E-state index contributed by atoms with van der Waals surface area (Å²) in [6, 6.07) is 9.70. The lowest BCUT2D eigenvalue weighted by Gasteiger charge is -2.15. The fourth-order valence-electron chi connectivity index (χ4n) is 4.68. The molecule has 2 N–H and O–H groups in total. The summed E-state index contributed by atoms with van der Waals surface area (Å²) in [6.07, 6.45) is -1.08. The molecule has 50 heavy (non-hydrogen) atoms. The second kappa shape index (κ2) is 20.0. The molecule has 1 atom stereocenters. The lowest BCUT2D eigenvalue weighted by atomic mass is 10.0. The Morgan fingerprint density at radius 3 is 2.10 bits per heavy atom. The Hall–Kier alpha value is -3.94. The molecule has 9 nitrogen and oxygen atoms in total. The van der Waals surface area contributed by atoms with Crippen molar-refractivity contribution in [2.45, 2.75) is 66.4 Å². The van der Waals surface area contributed by atoms with E-state index in [2.05, 4.69) is 55.2 Å². The van der Waals surface area contributed by atoms with Gasteiger partial charge in [-0.15, -0.1) is 13.2 Å². The maximum atomic E-state index is 13.3. The number of nitrogens with zero attached hydrogens (tertiary/aromatic N) is 4. The van der Waals surface area contributed by atoms with Crippen LogP contribution in [0.1, 0.15) is 60.6 Å². The quantitative estimate of drug-likeness (QED) is 0.0860. The zero-order chi connectivity index (χ0) is 36.7. The number of aromatic nitrogens is 4. The first-order chi connectivity index (χ1) is 23.8. The third kappa shape index (κ3) is 12.7. The van der Waals surface area contributed by atoms with Crippen LogP contribution in [0.25, 0.3) is 0 Å². The molecule has 4 aromatic rings. The Bertz CT molecular complexity index is 1650. The molecule has 0 fully saturated rings. The minimum absolute atomic E-state index is 0.0998. The number of hydrogen-bond donors (Lipinski definition) is 2. The number of halogens is 6. The standard InChI is InChI=1S/C20H28ClN3O2.C15H14ClF4N3O/c1-5-17-19(21)20(24-13-23-17)22-10-12-26-18-8-7-16(9-11-25-6-2)14(3)15(18)4;1-9(17)13-12(16)14(23-8-22-13)21-7-6-10-2-4-11(5-3-10)24-15(18,19)20/h7-8,13H,5-6,9-12H2,1-4H3,(H,22,23,24);2-5,8-9H,6-7H2,1H3,(H,21,22,23). The fraction of sp³-hybridized carbons (Fsp3) is 0.429. The van der Waals surface area contributed by atoms with Crippen molar-refractivity contribution in [3.8, 4) is 11.5 Å². The summed E-state index contributed by atoms with van der Waals surface area (Å²) in [7, 11) is 0. The van der Waals surface area contributed by atoms with E-state index in [1.54, 1.807) is 0 Å². The summed E-state index contributed by atoms with van der Waals surface area (Å²) in [6.45, 7) is 12.6. The smallest absolute Gasteiger partial charge is 0.491 e. The normalized spacial score (nSPS) is 11.7. The number of ether oxygens (including phenoxy) is 3. The van der Waals surface area contributed by atoms with Crippen molar-refractivity contribution in [1.29, 1.82) is 0 Å². The summed E-state index contributed by atoms with van der Waals surface area (Å²) in [5.41, 5.74) is 5.48. The summed E-state index contributed by atoms with van der Waals surface area (Å²) in [4.78, 5) is 16.1. The third-order valence-corrected chi connectivity index (χ3v) is 8.24. The van der Waals surface area contributed by atoms with Gasteiger partial charge in [-0.2, -0.15) is 0 Å². The van der Waals surface area contributed by atoms with Gasteiger partial charge in [0, 0.05) is 13.2 Å². The topological polar surface area (TPSA) is 103 Å². The van der Waals surface area contributed by atoms with Gasteiger partial charge in [0.25, 0.3) is 0 Å². The van der Waals surface area contributed by atoms with Gasteiger partial charge < -0.3 is 24.8 Å². The van der Waals surface area contributed by atoms with Crippen LogP contribution in [0.5, 0.6) is 11.5 Å². The van der Waals surface area contributed by atoms with Crippen molar-refractivity contribution in [3.63, 3.8) is 0 Å². The number of hydrogen-bond acceptors (Lipinski definition) is 9. The van der Waals surface area contributed by atoms with E-state index in [9.17, 15) is 17.6 Å². The Labute approximate surface area is 300 Å². The molecule has 0 aliphatic rings. The molecule has 0 bridgehead atoms. The van der Waals surface area contributed by atoms with E-state index in [0.717, 1.165) is 43.1 Å². The van der Waals surface area contributed by atoms with Crippen LogP contribution in [0.4, 0.5) is 29.2 Å². The predicted octanol–water partition coefficient (Wildman–Crippen LogP) is 9.09. The van der Waals surface area contributed by atoms with Crippen molar-refractivity contribution in [2.24, 2.45) is 0 Å². The number of alkyl halides is 4. The van der Waals surface area contributed by atoms with Gasteiger partial charge in [-0.1, -0.05) is 48.3 Å². The average Bonchev–Trinajstić information content (AvgIpc) is 3.07. The lowest BCUT2D eigenvalue weighted by molar-refractivity contribution is -0.274. The minimum Gasteiger partial charge on any atom is -0.491 e. The van der Waals surface area contributed by atoms with Gasteiger partial charge in [0.1, 0.15) is 58.6 Å². The monoisotopic (exact) mass is 740 g/mol. The summed E-state index contributed by atoms with van der Waals surface area (Å²) in [5, 5.41) is 6.86. The molecular weight excluding hydrogens is 699 g/mol. The molecule has 0 spiro atoms. The SMILES string of the molecule is CC(F)c1ncnc(NCCc2ccc(OC(F)(F)F)cc2)c1Cl.CCOCCc1ccc(OCCNc2ncnc(CC)c2Cl)c(C)c1C. The van der Waals surface area contributed by atoms with Gasteiger partial charge in [-0.05, 0) is 87.4 Å². The van der Waals surface area contributed by atoms with Gasteiger partial charge in [-0.25, -0.2) is 24.3 Å².